The molecule has 2 aromatic heterocycles. The maximum Gasteiger partial charge on any atom is 0.107 e. The molecule has 3 heterocycles. The molecule has 0 atom stereocenters. The zero-order chi connectivity index (χ0) is 10.1. The van der Waals surface area contributed by atoms with Gasteiger partial charge in [-0.3, -0.25) is 4.98 Å². The molecule has 0 radical (unpaired) electrons. The Kier molecular flexibility index (Phi) is 2.14. The normalized spacial score (nSPS) is 18.4. The Balaban J connectivity index is 2.02. The Bertz CT molecular complexity index is 456. The van der Waals surface area contributed by atoms with Crippen LogP contribution in [0.4, 0.5) is 0 Å². The number of nitrogens with zero attached hydrogens (tertiary/aromatic N) is 3. The first-order valence-electron chi connectivity index (χ1n) is 5.42. The van der Waals surface area contributed by atoms with Crippen molar-refractivity contribution in [1.29, 1.82) is 0 Å². The van der Waals surface area contributed by atoms with Crippen molar-refractivity contribution in [2.45, 2.75) is 18.9 Å². The van der Waals surface area contributed by atoms with Gasteiger partial charge < -0.3 is 9.88 Å². The molecular weight excluding hydrogens is 188 g/mol. The molecule has 4 nitrogen and oxygen atoms in total. The van der Waals surface area contributed by atoms with E-state index in [-0.39, 0.29) is 0 Å². The zero-order valence-electron chi connectivity index (χ0n) is 8.56. The monoisotopic (exact) mass is 202 g/mol. The highest BCUT2D eigenvalue weighted by molar-refractivity contribution is 5.73. The molecule has 1 aliphatic rings. The number of nitrogens with one attached hydrogen (secondary N) is 1. The Morgan fingerprint density at radius 2 is 2.20 bits per heavy atom. The van der Waals surface area contributed by atoms with Gasteiger partial charge in [-0.1, -0.05) is 0 Å². The van der Waals surface area contributed by atoms with Crippen molar-refractivity contribution in [1.82, 2.24) is 19.9 Å². The van der Waals surface area contributed by atoms with Gasteiger partial charge in [-0.15, -0.1) is 0 Å². The first kappa shape index (κ1) is 8.85. The van der Waals surface area contributed by atoms with Crippen molar-refractivity contribution in [3.8, 4) is 0 Å². The highest BCUT2D eigenvalue weighted by Crippen LogP contribution is 2.23. The molecule has 4 heteroatoms. The molecule has 1 aliphatic heterocycles. The largest absolute Gasteiger partial charge is 0.327 e. The van der Waals surface area contributed by atoms with Gasteiger partial charge in [-0.2, -0.15) is 0 Å². The predicted molar refractivity (Wildman–Crippen MR) is 58.7 cm³/mol. The average molecular weight is 202 g/mol. The second kappa shape index (κ2) is 3.62. The van der Waals surface area contributed by atoms with Gasteiger partial charge in [0, 0.05) is 12.2 Å². The fourth-order valence-corrected chi connectivity index (χ4v) is 2.26. The van der Waals surface area contributed by atoms with Crippen molar-refractivity contribution < 1.29 is 0 Å². The first-order chi connectivity index (χ1) is 7.45. The van der Waals surface area contributed by atoms with Crippen LogP contribution in [0.5, 0.6) is 0 Å². The Hall–Kier alpha value is -1.42. The van der Waals surface area contributed by atoms with Gasteiger partial charge in [0.2, 0.25) is 0 Å². The molecule has 1 saturated heterocycles. The third-order valence-electron chi connectivity index (χ3n) is 3.08. The third-order valence-corrected chi connectivity index (χ3v) is 3.08. The molecule has 78 valence electrons. The molecule has 0 amide bonds. The molecule has 0 spiro atoms. The second-order valence-corrected chi connectivity index (χ2v) is 4.00. The molecule has 0 aliphatic carbocycles. The van der Waals surface area contributed by atoms with E-state index >= 15 is 0 Å². The van der Waals surface area contributed by atoms with Crippen molar-refractivity contribution in [3.63, 3.8) is 0 Å². The van der Waals surface area contributed by atoms with Crippen LogP contribution >= 0.6 is 0 Å². The molecule has 0 saturated carbocycles. The summed E-state index contributed by atoms with van der Waals surface area (Å²) in [4.78, 5) is 8.46. The van der Waals surface area contributed by atoms with Gasteiger partial charge in [0.05, 0.1) is 18.0 Å². The summed E-state index contributed by atoms with van der Waals surface area (Å²) in [6.07, 6.45) is 7.98. The van der Waals surface area contributed by atoms with E-state index in [1.165, 1.54) is 18.4 Å². The summed E-state index contributed by atoms with van der Waals surface area (Å²) in [6, 6.07) is 2.64. The zero-order valence-corrected chi connectivity index (χ0v) is 8.56. The lowest BCUT2D eigenvalue weighted by Gasteiger charge is -2.24. The van der Waals surface area contributed by atoms with Crippen LogP contribution in [0.1, 0.15) is 18.9 Å². The lowest BCUT2D eigenvalue weighted by atomic mass is 10.1. The van der Waals surface area contributed by atoms with E-state index in [4.69, 9.17) is 0 Å². The van der Waals surface area contributed by atoms with E-state index in [1.807, 2.05) is 24.8 Å². The molecule has 1 N–H and O–H groups in total. The number of piperidine rings is 1. The molecule has 0 bridgehead atoms. The number of imidazole rings is 1. The smallest absolute Gasteiger partial charge is 0.107 e. The summed E-state index contributed by atoms with van der Waals surface area (Å²) in [6.45, 7) is 2.21. The molecule has 15 heavy (non-hydrogen) atoms. The lowest BCUT2D eigenvalue weighted by molar-refractivity contribution is 0.374. The summed E-state index contributed by atoms with van der Waals surface area (Å²) in [5.74, 6) is 0. The van der Waals surface area contributed by atoms with Crippen molar-refractivity contribution >= 4 is 11.0 Å². The summed E-state index contributed by atoms with van der Waals surface area (Å²) < 4.78 is 2.29. The summed E-state index contributed by atoms with van der Waals surface area (Å²) in [5, 5.41) is 3.38. The SMILES string of the molecule is c1cc2c(cn1)ncn2C1CCNCC1. The number of rotatable bonds is 1. The summed E-state index contributed by atoms with van der Waals surface area (Å²) >= 11 is 0. The van der Waals surface area contributed by atoms with Crippen LogP contribution in [0.2, 0.25) is 0 Å². The fourth-order valence-electron chi connectivity index (χ4n) is 2.26. The van der Waals surface area contributed by atoms with Crippen LogP contribution in [-0.4, -0.2) is 27.6 Å². The number of fused-ring (bicyclic) bond motifs is 1. The van der Waals surface area contributed by atoms with Crippen LogP contribution in [0.15, 0.2) is 24.8 Å². The van der Waals surface area contributed by atoms with Crippen molar-refractivity contribution in [3.05, 3.63) is 24.8 Å². The van der Waals surface area contributed by atoms with Crippen molar-refractivity contribution in [2.24, 2.45) is 0 Å². The quantitative estimate of drug-likeness (QED) is 0.759. The minimum atomic E-state index is 0.596. The topological polar surface area (TPSA) is 42.7 Å². The van der Waals surface area contributed by atoms with E-state index in [2.05, 4.69) is 19.9 Å². The highest BCUT2D eigenvalue weighted by atomic mass is 15.1. The van der Waals surface area contributed by atoms with Crippen LogP contribution in [-0.2, 0) is 0 Å². The van der Waals surface area contributed by atoms with Gasteiger partial charge >= 0.3 is 0 Å². The van der Waals surface area contributed by atoms with Gasteiger partial charge in [0.15, 0.2) is 0 Å². The Morgan fingerprint density at radius 3 is 3.07 bits per heavy atom. The van der Waals surface area contributed by atoms with E-state index in [0.717, 1.165) is 18.6 Å². The van der Waals surface area contributed by atoms with E-state index in [0.29, 0.717) is 6.04 Å². The Morgan fingerprint density at radius 1 is 1.33 bits per heavy atom. The van der Waals surface area contributed by atoms with Gasteiger partial charge in [-0.25, -0.2) is 4.98 Å². The second-order valence-electron chi connectivity index (χ2n) is 4.00. The van der Waals surface area contributed by atoms with E-state index in [1.54, 1.807) is 0 Å². The molecule has 0 aromatic carbocycles. The van der Waals surface area contributed by atoms with Crippen LogP contribution < -0.4 is 5.32 Å². The molecule has 1 fully saturated rings. The third kappa shape index (κ3) is 1.51. The minimum absolute atomic E-state index is 0.596. The first-order valence-corrected chi connectivity index (χ1v) is 5.42. The fraction of sp³-hybridized carbons (Fsp3) is 0.455. The standard InChI is InChI=1S/C11H14N4/c1-4-12-5-2-9(1)15-8-14-10-7-13-6-3-11(10)15/h3,6-9,12H,1-2,4-5H2. The van der Waals surface area contributed by atoms with Crippen LogP contribution in [0.25, 0.3) is 11.0 Å². The maximum absolute atomic E-state index is 4.37. The summed E-state index contributed by atoms with van der Waals surface area (Å²) in [7, 11) is 0. The molecule has 2 aromatic rings. The summed E-state index contributed by atoms with van der Waals surface area (Å²) in [5.41, 5.74) is 2.20. The predicted octanol–water partition coefficient (Wildman–Crippen LogP) is 1.36. The van der Waals surface area contributed by atoms with Crippen LogP contribution in [0, 0.1) is 0 Å². The molecule has 3 rings (SSSR count). The average Bonchev–Trinajstić information content (AvgIpc) is 2.74. The van der Waals surface area contributed by atoms with Gasteiger partial charge in [0.25, 0.3) is 0 Å². The lowest BCUT2D eigenvalue weighted by Crippen LogP contribution is -2.29. The minimum Gasteiger partial charge on any atom is -0.327 e. The number of hydrogen-bond acceptors (Lipinski definition) is 3. The van der Waals surface area contributed by atoms with Crippen molar-refractivity contribution in [2.75, 3.05) is 13.1 Å². The Labute approximate surface area is 88.3 Å². The van der Waals surface area contributed by atoms with Gasteiger partial charge in [-0.05, 0) is 32.0 Å². The number of hydrogen-bond donors (Lipinski definition) is 1. The highest BCUT2D eigenvalue weighted by Gasteiger charge is 2.16. The molecular formula is C11H14N4. The molecule has 0 unspecified atom stereocenters. The van der Waals surface area contributed by atoms with Gasteiger partial charge in [0.1, 0.15) is 5.52 Å². The van der Waals surface area contributed by atoms with E-state index in [9.17, 15) is 0 Å². The van der Waals surface area contributed by atoms with Crippen LogP contribution in [0.3, 0.4) is 0 Å². The number of aromatic nitrogens is 3. The maximum atomic E-state index is 4.37. The number of pyridine rings is 1. The van der Waals surface area contributed by atoms with E-state index < -0.39 is 0 Å².